The van der Waals surface area contributed by atoms with Crippen LogP contribution in [0.2, 0.25) is 0 Å². The second-order valence-electron chi connectivity index (χ2n) is 6.98. The van der Waals surface area contributed by atoms with Crippen LogP contribution in [0.25, 0.3) is 0 Å². The molecule has 3 rings (SSSR count). The van der Waals surface area contributed by atoms with Crippen molar-refractivity contribution >= 4 is 22.8 Å². The third-order valence-electron chi connectivity index (χ3n) is 4.37. The smallest absolute Gasteiger partial charge is 1.00 e. The van der Waals surface area contributed by atoms with Gasteiger partial charge in [-0.2, -0.15) is 0 Å². The molecule has 0 amide bonds. The number of pyridine rings is 1. The van der Waals surface area contributed by atoms with Gasteiger partial charge in [0.1, 0.15) is 0 Å². The summed E-state index contributed by atoms with van der Waals surface area (Å²) in [6.45, 7) is 10.2. The zero-order valence-electron chi connectivity index (χ0n) is 18.2. The van der Waals surface area contributed by atoms with Crippen LogP contribution in [-0.4, -0.2) is 16.4 Å². The van der Waals surface area contributed by atoms with Gasteiger partial charge in [0.25, 0.3) is 0 Å². The number of aryl methyl sites for hydroxylation is 3. The van der Waals surface area contributed by atoms with E-state index in [2.05, 4.69) is 57.2 Å². The molecule has 0 aliphatic heterocycles. The molecule has 1 aromatic heterocycles. The summed E-state index contributed by atoms with van der Waals surface area (Å²) in [6, 6.07) is 20.5. The van der Waals surface area contributed by atoms with E-state index >= 15 is 0 Å². The first-order valence-electron chi connectivity index (χ1n) is 9.14. The van der Waals surface area contributed by atoms with E-state index in [9.17, 15) is 0 Å². The number of benzene rings is 2. The molecule has 0 N–H and O–H groups in total. The van der Waals surface area contributed by atoms with Crippen LogP contribution in [0.3, 0.4) is 0 Å². The molecule has 0 aliphatic carbocycles. The Hall–Kier alpha value is -1.62. The molecule has 0 saturated heterocycles. The van der Waals surface area contributed by atoms with Crippen LogP contribution in [0, 0.1) is 20.8 Å². The van der Waals surface area contributed by atoms with E-state index in [-0.39, 0.29) is 55.8 Å². The number of aromatic nitrogens is 1. The Labute approximate surface area is 216 Å². The minimum atomic E-state index is 0. The molecule has 3 aromatic rings. The van der Waals surface area contributed by atoms with Gasteiger partial charge in [-0.05, 0) is 76.6 Å². The van der Waals surface area contributed by atoms with E-state index in [0.717, 1.165) is 39.7 Å². The average molecular weight is 513 g/mol. The number of aliphatic imine (C=N–C) groups is 2. The van der Waals surface area contributed by atoms with Gasteiger partial charge in [0, 0.05) is 0 Å². The third-order valence-corrected chi connectivity index (χ3v) is 4.37. The maximum absolute atomic E-state index is 4.80. The van der Waals surface area contributed by atoms with Crippen molar-refractivity contribution in [3.63, 3.8) is 0 Å². The number of hydrogen-bond acceptors (Lipinski definition) is 3. The largest absolute Gasteiger partial charge is 3.00 e. The second-order valence-corrected chi connectivity index (χ2v) is 6.98. The molecule has 0 spiro atoms. The van der Waals surface area contributed by atoms with E-state index in [1.54, 1.807) is 0 Å². The van der Waals surface area contributed by atoms with Crippen LogP contribution >= 0.6 is 0 Å². The van der Waals surface area contributed by atoms with Gasteiger partial charge in [-0.1, -0.05) is 35.4 Å². The monoisotopic (exact) mass is 511 g/mol. The summed E-state index contributed by atoms with van der Waals surface area (Å²) in [7, 11) is 0. The molecule has 0 atom stereocenters. The number of hydrogen-bond donors (Lipinski definition) is 0. The maximum Gasteiger partial charge on any atom is 3.00 e. The fourth-order valence-corrected chi connectivity index (χ4v) is 2.78. The van der Waals surface area contributed by atoms with Crippen molar-refractivity contribution in [2.75, 3.05) is 0 Å². The summed E-state index contributed by atoms with van der Waals surface area (Å²) in [6.07, 6.45) is 0. The average Bonchev–Trinajstić information content (AvgIpc) is 2.65. The van der Waals surface area contributed by atoms with E-state index < -0.39 is 0 Å². The van der Waals surface area contributed by atoms with Gasteiger partial charge < -0.3 is 37.2 Å². The van der Waals surface area contributed by atoms with Gasteiger partial charge in [0.15, 0.2) is 0 Å². The molecular weight excluding hydrogens is 488 g/mol. The Kier molecular flexibility index (Phi) is 14.7. The van der Waals surface area contributed by atoms with Crippen LogP contribution in [-0.2, 0) is 18.6 Å². The van der Waals surface area contributed by atoms with Crippen LogP contribution in [0.15, 0.2) is 70.6 Å². The standard InChI is InChI=1S/C24H25N3.3ClH.V/c1-16-6-10-21(11-7-16)25-19(4)23-14-18(3)15-24(27-23)20(5)26-22-12-8-17(2)9-13-22;;;;/h6-15H,1-5H3;3*1H;/q;;;;+3/p-3. The molecule has 0 unspecified atom stereocenters. The molecule has 162 valence electrons. The molecule has 3 nitrogen and oxygen atoms in total. The summed E-state index contributed by atoms with van der Waals surface area (Å²) >= 11 is 0. The van der Waals surface area contributed by atoms with Crippen molar-refractivity contribution in [3.05, 3.63) is 88.7 Å². The fourth-order valence-electron chi connectivity index (χ4n) is 2.78. The van der Waals surface area contributed by atoms with Crippen LogP contribution in [0.4, 0.5) is 11.4 Å². The first kappa shape index (κ1) is 31.6. The molecule has 0 saturated carbocycles. The minimum absolute atomic E-state index is 0. The minimum Gasteiger partial charge on any atom is -1.00 e. The van der Waals surface area contributed by atoms with Crippen LogP contribution in [0.5, 0.6) is 0 Å². The van der Waals surface area contributed by atoms with Gasteiger partial charge in [0.2, 0.25) is 0 Å². The number of rotatable bonds is 4. The van der Waals surface area contributed by atoms with Crippen molar-refractivity contribution in [1.82, 2.24) is 4.98 Å². The van der Waals surface area contributed by atoms with E-state index in [1.807, 2.05) is 38.1 Å². The molecule has 2 aromatic carbocycles. The number of nitrogens with zero attached hydrogens (tertiary/aromatic N) is 3. The van der Waals surface area contributed by atoms with Crippen molar-refractivity contribution in [2.45, 2.75) is 34.6 Å². The molecule has 0 bridgehead atoms. The molecule has 31 heavy (non-hydrogen) atoms. The van der Waals surface area contributed by atoms with Crippen molar-refractivity contribution < 1.29 is 55.8 Å². The summed E-state index contributed by atoms with van der Waals surface area (Å²) < 4.78 is 0. The summed E-state index contributed by atoms with van der Waals surface area (Å²) in [4.78, 5) is 14.2. The van der Waals surface area contributed by atoms with Crippen LogP contribution < -0.4 is 37.2 Å². The topological polar surface area (TPSA) is 37.6 Å². The Bertz CT molecular complexity index is 935. The van der Waals surface area contributed by atoms with E-state index in [0.29, 0.717) is 0 Å². The maximum atomic E-state index is 4.80. The Balaban J connectivity index is 0. The Morgan fingerprint density at radius 2 is 0.903 bits per heavy atom. The molecule has 0 fully saturated rings. The molecule has 1 heterocycles. The zero-order valence-corrected chi connectivity index (χ0v) is 21.9. The normalized spacial score (nSPS) is 10.7. The van der Waals surface area contributed by atoms with E-state index in [1.165, 1.54) is 11.1 Å². The molecular formula is C24H25Cl3N3V. The van der Waals surface area contributed by atoms with Crippen LogP contribution in [0.1, 0.15) is 41.9 Å². The van der Waals surface area contributed by atoms with Gasteiger partial charge in [-0.25, -0.2) is 4.98 Å². The molecule has 7 heteroatoms. The molecule has 0 aliphatic rings. The fraction of sp³-hybridized carbons (Fsp3) is 0.208. The second kappa shape index (κ2) is 14.4. The van der Waals surface area contributed by atoms with Gasteiger partial charge in [0.05, 0.1) is 34.2 Å². The summed E-state index contributed by atoms with van der Waals surface area (Å²) in [5.41, 5.74) is 9.02. The number of halogens is 3. The van der Waals surface area contributed by atoms with Gasteiger partial charge in [-0.15, -0.1) is 0 Å². The van der Waals surface area contributed by atoms with Gasteiger partial charge >= 0.3 is 18.6 Å². The first-order valence-corrected chi connectivity index (χ1v) is 9.14. The predicted molar refractivity (Wildman–Crippen MR) is 115 cm³/mol. The van der Waals surface area contributed by atoms with Crippen molar-refractivity contribution in [1.29, 1.82) is 0 Å². The predicted octanol–water partition coefficient (Wildman–Crippen LogP) is -2.70. The first-order chi connectivity index (χ1) is 12.9. The molecule has 0 radical (unpaired) electrons. The zero-order chi connectivity index (χ0) is 19.4. The SMILES string of the molecule is CC(=Nc1ccc(C)cc1)c1cc(C)cc(C(C)=Nc2ccc(C)cc2)n1.[Cl-].[Cl-].[Cl-].[V+3]. The third kappa shape index (κ3) is 9.18. The summed E-state index contributed by atoms with van der Waals surface area (Å²) in [5.74, 6) is 0. The van der Waals surface area contributed by atoms with Gasteiger partial charge in [-0.3, -0.25) is 9.98 Å². The quantitative estimate of drug-likeness (QED) is 0.351. The van der Waals surface area contributed by atoms with E-state index in [4.69, 9.17) is 15.0 Å². The van der Waals surface area contributed by atoms with Crippen molar-refractivity contribution in [2.24, 2.45) is 9.98 Å². The Morgan fingerprint density at radius 3 is 1.23 bits per heavy atom. The Morgan fingerprint density at radius 1 is 0.581 bits per heavy atom. The van der Waals surface area contributed by atoms with Crippen molar-refractivity contribution in [3.8, 4) is 0 Å². The summed E-state index contributed by atoms with van der Waals surface area (Å²) in [5, 5.41) is 0.